The van der Waals surface area contributed by atoms with Gasteiger partial charge in [0.15, 0.2) is 5.78 Å². The Bertz CT molecular complexity index is 1090. The maximum atomic E-state index is 13.3. The molecule has 1 aliphatic rings. The van der Waals surface area contributed by atoms with Crippen LogP contribution >= 0.6 is 23.2 Å². The van der Waals surface area contributed by atoms with E-state index in [4.69, 9.17) is 27.9 Å². The second-order valence-electron chi connectivity index (χ2n) is 7.85. The van der Waals surface area contributed by atoms with Gasteiger partial charge in [0.25, 0.3) is 0 Å². The molecule has 3 nitrogen and oxygen atoms in total. The second kappa shape index (κ2) is 10.8. The first-order valence-electron chi connectivity index (χ1n) is 10.8. The van der Waals surface area contributed by atoms with Crippen molar-refractivity contribution in [3.05, 3.63) is 99.5 Å². The van der Waals surface area contributed by atoms with Crippen LogP contribution in [0.5, 0.6) is 5.75 Å². The van der Waals surface area contributed by atoms with Crippen LogP contribution in [0, 0.1) is 0 Å². The first kappa shape index (κ1) is 22.6. The topological polar surface area (TPSA) is 29.5 Å². The van der Waals surface area contributed by atoms with Gasteiger partial charge in [-0.1, -0.05) is 65.7 Å². The lowest BCUT2D eigenvalue weighted by Crippen LogP contribution is -2.25. The van der Waals surface area contributed by atoms with Crippen LogP contribution in [0.4, 0.5) is 0 Å². The molecular weight excluding hydrogens is 441 g/mol. The fourth-order valence-electron chi connectivity index (χ4n) is 3.82. The van der Waals surface area contributed by atoms with Crippen molar-refractivity contribution in [3.8, 4) is 5.75 Å². The Morgan fingerprint density at radius 3 is 2.28 bits per heavy atom. The van der Waals surface area contributed by atoms with Gasteiger partial charge >= 0.3 is 0 Å². The van der Waals surface area contributed by atoms with Gasteiger partial charge in [0, 0.05) is 17.7 Å². The van der Waals surface area contributed by atoms with Gasteiger partial charge in [-0.05, 0) is 73.5 Å². The van der Waals surface area contributed by atoms with Gasteiger partial charge in [0.05, 0.1) is 10.0 Å². The second-order valence-corrected chi connectivity index (χ2v) is 8.66. The van der Waals surface area contributed by atoms with E-state index in [1.54, 1.807) is 18.2 Å². The van der Waals surface area contributed by atoms with Crippen molar-refractivity contribution in [3.63, 3.8) is 0 Å². The molecule has 1 fully saturated rings. The Labute approximate surface area is 199 Å². The molecule has 32 heavy (non-hydrogen) atoms. The maximum absolute atomic E-state index is 13.3. The van der Waals surface area contributed by atoms with Crippen molar-refractivity contribution in [2.45, 2.75) is 12.8 Å². The van der Waals surface area contributed by atoms with Crippen LogP contribution in [0.25, 0.3) is 11.6 Å². The number of hydrogen-bond acceptors (Lipinski definition) is 3. The smallest absolute Gasteiger partial charge is 0.193 e. The van der Waals surface area contributed by atoms with Gasteiger partial charge in [0.2, 0.25) is 0 Å². The minimum absolute atomic E-state index is 0.110. The summed E-state index contributed by atoms with van der Waals surface area (Å²) in [6.45, 7) is 3.97. The maximum Gasteiger partial charge on any atom is 0.193 e. The summed E-state index contributed by atoms with van der Waals surface area (Å²) in [5.74, 6) is 0.721. The first-order chi connectivity index (χ1) is 15.6. The third kappa shape index (κ3) is 5.80. The molecule has 0 aromatic heterocycles. The molecule has 0 saturated carbocycles. The summed E-state index contributed by atoms with van der Waals surface area (Å²) in [5, 5.41) is 0.786. The van der Waals surface area contributed by atoms with Crippen molar-refractivity contribution >= 4 is 40.6 Å². The predicted molar refractivity (Wildman–Crippen MR) is 133 cm³/mol. The van der Waals surface area contributed by atoms with Crippen LogP contribution in [0.1, 0.15) is 34.3 Å². The van der Waals surface area contributed by atoms with E-state index in [0.717, 1.165) is 23.4 Å². The van der Waals surface area contributed by atoms with E-state index in [-0.39, 0.29) is 5.78 Å². The van der Waals surface area contributed by atoms with E-state index in [1.807, 2.05) is 60.7 Å². The third-order valence-electron chi connectivity index (χ3n) is 5.58. The van der Waals surface area contributed by atoms with Crippen molar-refractivity contribution in [2.24, 2.45) is 0 Å². The minimum atomic E-state index is -0.110. The number of nitrogens with zero attached hydrogens (tertiary/aromatic N) is 1. The fourth-order valence-corrected chi connectivity index (χ4v) is 4.11. The number of ether oxygens (including phenoxy) is 1. The summed E-state index contributed by atoms with van der Waals surface area (Å²) in [7, 11) is 0. The molecule has 3 aromatic rings. The molecule has 0 N–H and O–H groups in total. The minimum Gasteiger partial charge on any atom is -0.492 e. The lowest BCUT2D eigenvalue weighted by atomic mass is 9.95. The zero-order chi connectivity index (χ0) is 22.3. The Hall–Kier alpha value is -2.59. The number of rotatable bonds is 8. The largest absolute Gasteiger partial charge is 0.492 e. The number of ketones is 1. The van der Waals surface area contributed by atoms with E-state index >= 15 is 0 Å². The van der Waals surface area contributed by atoms with Crippen molar-refractivity contribution in [1.29, 1.82) is 0 Å². The van der Waals surface area contributed by atoms with Crippen molar-refractivity contribution in [1.82, 2.24) is 4.90 Å². The number of halogens is 2. The number of carbonyl (C=O) groups is 1. The Morgan fingerprint density at radius 1 is 0.875 bits per heavy atom. The third-order valence-corrected chi connectivity index (χ3v) is 6.32. The molecule has 3 aromatic carbocycles. The number of carbonyl (C=O) groups excluding carboxylic acids is 1. The van der Waals surface area contributed by atoms with Crippen molar-refractivity contribution in [2.75, 3.05) is 26.2 Å². The summed E-state index contributed by atoms with van der Waals surface area (Å²) in [4.78, 5) is 15.8. The molecule has 164 valence electrons. The van der Waals surface area contributed by atoms with Crippen LogP contribution in [-0.2, 0) is 0 Å². The first-order valence-corrected chi connectivity index (χ1v) is 11.6. The van der Waals surface area contributed by atoms with Crippen LogP contribution in [0.2, 0.25) is 10.0 Å². The normalized spacial score (nSPS) is 14.5. The zero-order valence-corrected chi connectivity index (χ0v) is 19.3. The highest BCUT2D eigenvalue weighted by Gasteiger charge is 2.16. The highest BCUT2D eigenvalue weighted by molar-refractivity contribution is 6.42. The summed E-state index contributed by atoms with van der Waals surface area (Å²) >= 11 is 12.2. The molecule has 0 bridgehead atoms. The molecule has 0 amide bonds. The standard InChI is InChI=1S/C27H25Cl2NO2/c28-25-13-10-22(19-26(25)29)27(31)24(21-6-2-1-3-7-21)18-20-8-11-23(12-9-20)32-17-16-30-14-4-5-15-30/h1-3,6-13,18-19H,4-5,14-17H2/b24-18+. The van der Waals surface area contributed by atoms with Gasteiger partial charge in [0.1, 0.15) is 12.4 Å². The highest BCUT2D eigenvalue weighted by Crippen LogP contribution is 2.28. The number of allylic oxidation sites excluding steroid dienone is 1. The Morgan fingerprint density at radius 2 is 1.59 bits per heavy atom. The summed E-state index contributed by atoms with van der Waals surface area (Å²) < 4.78 is 5.90. The molecule has 1 heterocycles. The summed E-state index contributed by atoms with van der Waals surface area (Å²) in [6, 6.07) is 22.4. The molecule has 0 aliphatic carbocycles. The molecule has 0 spiro atoms. The number of Topliss-reactive ketones (excluding diaryl/α,β-unsaturated/α-hetero) is 1. The number of hydrogen-bond donors (Lipinski definition) is 0. The van der Waals surface area contributed by atoms with Crippen molar-refractivity contribution < 1.29 is 9.53 Å². The average molecular weight is 466 g/mol. The zero-order valence-electron chi connectivity index (χ0n) is 17.8. The number of benzene rings is 3. The molecule has 5 heteroatoms. The SMILES string of the molecule is O=C(/C(=C/c1ccc(OCCN2CCCC2)cc1)c1ccccc1)c1ccc(Cl)c(Cl)c1. The fraction of sp³-hybridized carbons (Fsp3) is 0.222. The molecule has 0 atom stereocenters. The Balaban J connectivity index is 1.53. The molecule has 1 saturated heterocycles. The van der Waals surface area contributed by atoms with E-state index in [2.05, 4.69) is 4.90 Å². The van der Waals surface area contributed by atoms with Crippen LogP contribution < -0.4 is 4.74 Å². The van der Waals surface area contributed by atoms with Gasteiger partial charge in [-0.3, -0.25) is 9.69 Å². The lowest BCUT2D eigenvalue weighted by Gasteiger charge is -2.15. The van der Waals surface area contributed by atoms with Gasteiger partial charge < -0.3 is 4.74 Å². The quantitative estimate of drug-likeness (QED) is 0.206. The van der Waals surface area contributed by atoms with Gasteiger partial charge in [-0.25, -0.2) is 0 Å². The number of likely N-dealkylation sites (tertiary alicyclic amines) is 1. The highest BCUT2D eigenvalue weighted by atomic mass is 35.5. The molecule has 1 aliphatic heterocycles. The van der Waals surface area contributed by atoms with Crippen LogP contribution in [0.3, 0.4) is 0 Å². The van der Waals surface area contributed by atoms with E-state index in [0.29, 0.717) is 27.8 Å². The Kier molecular flexibility index (Phi) is 7.64. The molecule has 4 rings (SSSR count). The van der Waals surface area contributed by atoms with Gasteiger partial charge in [-0.15, -0.1) is 0 Å². The van der Waals surface area contributed by atoms with E-state index in [9.17, 15) is 4.79 Å². The summed E-state index contributed by atoms with van der Waals surface area (Å²) in [6.07, 6.45) is 4.46. The molecular formula is C27H25Cl2NO2. The molecule has 0 radical (unpaired) electrons. The molecule has 0 unspecified atom stereocenters. The van der Waals surface area contributed by atoms with E-state index < -0.39 is 0 Å². The van der Waals surface area contributed by atoms with E-state index in [1.165, 1.54) is 25.9 Å². The predicted octanol–water partition coefficient (Wildman–Crippen LogP) is 6.89. The van der Waals surface area contributed by atoms with Gasteiger partial charge in [-0.2, -0.15) is 0 Å². The average Bonchev–Trinajstić information content (AvgIpc) is 3.34. The van der Waals surface area contributed by atoms with Crippen LogP contribution in [0.15, 0.2) is 72.8 Å². The monoisotopic (exact) mass is 465 g/mol. The van der Waals surface area contributed by atoms with Crippen LogP contribution in [-0.4, -0.2) is 36.9 Å². The lowest BCUT2D eigenvalue weighted by molar-refractivity contribution is 0.105. The summed E-state index contributed by atoms with van der Waals surface area (Å²) in [5.41, 5.74) is 2.85.